The molecule has 5 aromatic carbocycles. The van der Waals surface area contributed by atoms with Crippen LogP contribution in [0.15, 0.2) is 152 Å². The first-order valence-electron chi connectivity index (χ1n) is 14.7. The summed E-state index contributed by atoms with van der Waals surface area (Å²) in [5.74, 6) is -0.237. The molecule has 2 amide bonds. The van der Waals surface area contributed by atoms with Gasteiger partial charge in [0.25, 0.3) is 5.91 Å². The van der Waals surface area contributed by atoms with Crippen LogP contribution in [0.4, 0.5) is 11.4 Å². The van der Waals surface area contributed by atoms with Crippen LogP contribution in [0.5, 0.6) is 0 Å². The molecule has 0 heterocycles. The molecule has 44 heavy (non-hydrogen) atoms. The number of nitrogens with zero attached hydrogens (tertiary/aromatic N) is 2. The smallest absolute Gasteiger partial charge is 0.253 e. The highest BCUT2D eigenvalue weighted by molar-refractivity contribution is 5.95. The molecule has 5 aromatic rings. The van der Waals surface area contributed by atoms with Crippen molar-refractivity contribution >= 4 is 23.2 Å². The van der Waals surface area contributed by atoms with Crippen molar-refractivity contribution in [1.29, 1.82) is 0 Å². The Morgan fingerprint density at radius 2 is 1.02 bits per heavy atom. The lowest BCUT2D eigenvalue weighted by Gasteiger charge is -2.26. The molecule has 0 aliphatic carbocycles. The Balaban J connectivity index is 1.28. The molecule has 6 nitrogen and oxygen atoms in total. The monoisotopic (exact) mass is 584 g/mol. The van der Waals surface area contributed by atoms with Gasteiger partial charge in [-0.2, -0.15) is 0 Å². The van der Waals surface area contributed by atoms with E-state index in [0.717, 1.165) is 28.1 Å². The molecule has 1 unspecified atom stereocenters. The summed E-state index contributed by atoms with van der Waals surface area (Å²) < 4.78 is 12.4. The van der Waals surface area contributed by atoms with Gasteiger partial charge in [-0.15, -0.1) is 0 Å². The average Bonchev–Trinajstić information content (AvgIpc) is 3.09. The van der Waals surface area contributed by atoms with Crippen molar-refractivity contribution in [3.8, 4) is 0 Å². The number of benzene rings is 5. The standard InChI is InChI=1S/C38H36N2O4/c41-37(26-31-16-6-1-7-17-31)40(35-24-14-5-15-25-35)30-43-28-36(33-20-10-3-11-21-33)44-29-38(42)39(34-22-12-4-13-23-34)27-32-18-8-2-9-19-32/h1-25,36H,26-30H2. The Kier molecular flexibility index (Phi) is 11.0. The van der Waals surface area contributed by atoms with Gasteiger partial charge in [-0.1, -0.05) is 127 Å². The summed E-state index contributed by atoms with van der Waals surface area (Å²) in [6, 6.07) is 48.3. The molecule has 0 N–H and O–H groups in total. The molecule has 222 valence electrons. The van der Waals surface area contributed by atoms with E-state index >= 15 is 0 Å². The van der Waals surface area contributed by atoms with Crippen LogP contribution in [-0.4, -0.2) is 31.8 Å². The number of hydrogen-bond donors (Lipinski definition) is 0. The third-order valence-electron chi connectivity index (χ3n) is 7.19. The molecule has 0 aliphatic heterocycles. The summed E-state index contributed by atoms with van der Waals surface area (Å²) in [7, 11) is 0. The van der Waals surface area contributed by atoms with E-state index in [1.807, 2.05) is 152 Å². The number of carbonyl (C=O) groups is 2. The zero-order chi connectivity index (χ0) is 30.4. The van der Waals surface area contributed by atoms with Crippen molar-refractivity contribution in [2.45, 2.75) is 19.1 Å². The minimum atomic E-state index is -0.517. The number of para-hydroxylation sites is 2. The lowest BCUT2D eigenvalue weighted by atomic mass is 10.1. The highest BCUT2D eigenvalue weighted by Gasteiger charge is 2.22. The summed E-state index contributed by atoms with van der Waals surface area (Å²) in [6.45, 7) is 0.485. The fraction of sp³-hybridized carbons (Fsp3) is 0.158. The number of rotatable bonds is 14. The van der Waals surface area contributed by atoms with Gasteiger partial charge in [0.15, 0.2) is 0 Å². The van der Waals surface area contributed by atoms with Gasteiger partial charge in [0.05, 0.1) is 19.6 Å². The second-order valence-corrected chi connectivity index (χ2v) is 10.3. The van der Waals surface area contributed by atoms with Crippen LogP contribution in [0.1, 0.15) is 22.8 Å². The van der Waals surface area contributed by atoms with E-state index in [0.29, 0.717) is 6.54 Å². The van der Waals surface area contributed by atoms with E-state index in [1.165, 1.54) is 0 Å². The van der Waals surface area contributed by atoms with Crippen LogP contribution in [0.25, 0.3) is 0 Å². The van der Waals surface area contributed by atoms with Gasteiger partial charge in [-0.25, -0.2) is 0 Å². The molecule has 0 aliphatic rings. The summed E-state index contributed by atoms with van der Waals surface area (Å²) in [6.07, 6.45) is -0.264. The maximum atomic E-state index is 13.6. The Morgan fingerprint density at radius 3 is 1.59 bits per heavy atom. The lowest BCUT2D eigenvalue weighted by Crippen LogP contribution is -2.36. The van der Waals surface area contributed by atoms with Crippen LogP contribution in [0, 0.1) is 0 Å². The van der Waals surface area contributed by atoms with Gasteiger partial charge in [-0.3, -0.25) is 14.5 Å². The number of ether oxygens (including phenoxy) is 2. The van der Waals surface area contributed by atoms with Crippen LogP contribution in [0.3, 0.4) is 0 Å². The number of carbonyl (C=O) groups excluding carboxylic acids is 2. The predicted octanol–water partition coefficient (Wildman–Crippen LogP) is 7.23. The van der Waals surface area contributed by atoms with Crippen LogP contribution in [0.2, 0.25) is 0 Å². The second-order valence-electron chi connectivity index (χ2n) is 10.3. The molecule has 0 aromatic heterocycles. The van der Waals surface area contributed by atoms with Gasteiger partial charge < -0.3 is 14.4 Å². The number of amides is 2. The van der Waals surface area contributed by atoms with Crippen molar-refractivity contribution in [1.82, 2.24) is 0 Å². The van der Waals surface area contributed by atoms with Gasteiger partial charge in [0.2, 0.25) is 5.91 Å². The van der Waals surface area contributed by atoms with Crippen molar-refractivity contribution in [3.05, 3.63) is 168 Å². The van der Waals surface area contributed by atoms with Gasteiger partial charge in [0, 0.05) is 11.4 Å². The molecule has 0 spiro atoms. The molecule has 0 saturated heterocycles. The molecular weight excluding hydrogens is 548 g/mol. The third kappa shape index (κ3) is 8.74. The highest BCUT2D eigenvalue weighted by Crippen LogP contribution is 2.22. The number of hydrogen-bond acceptors (Lipinski definition) is 4. The SMILES string of the molecule is O=C(Cc1ccccc1)N(COCC(OCC(=O)N(Cc1ccccc1)c1ccccc1)c1ccccc1)c1ccccc1. The zero-order valence-corrected chi connectivity index (χ0v) is 24.6. The first kappa shape index (κ1) is 30.4. The van der Waals surface area contributed by atoms with Crippen LogP contribution < -0.4 is 9.80 Å². The van der Waals surface area contributed by atoms with E-state index in [9.17, 15) is 9.59 Å². The van der Waals surface area contributed by atoms with E-state index in [-0.39, 0.29) is 38.2 Å². The molecule has 0 fully saturated rings. The first-order chi connectivity index (χ1) is 21.7. The Morgan fingerprint density at radius 1 is 0.545 bits per heavy atom. The van der Waals surface area contributed by atoms with Crippen molar-refractivity contribution < 1.29 is 19.1 Å². The molecule has 5 rings (SSSR count). The molecule has 0 radical (unpaired) electrons. The zero-order valence-electron chi connectivity index (χ0n) is 24.6. The fourth-order valence-corrected chi connectivity index (χ4v) is 4.87. The topological polar surface area (TPSA) is 59.1 Å². The van der Waals surface area contributed by atoms with Gasteiger partial charge in [-0.05, 0) is 41.0 Å². The van der Waals surface area contributed by atoms with Gasteiger partial charge in [0.1, 0.15) is 19.4 Å². The van der Waals surface area contributed by atoms with E-state index in [4.69, 9.17) is 9.47 Å². The molecule has 0 bridgehead atoms. The average molecular weight is 585 g/mol. The molecule has 6 heteroatoms. The first-order valence-corrected chi connectivity index (χ1v) is 14.7. The van der Waals surface area contributed by atoms with E-state index < -0.39 is 6.10 Å². The summed E-state index contributed by atoms with van der Waals surface area (Å²) >= 11 is 0. The maximum Gasteiger partial charge on any atom is 0.253 e. The largest absolute Gasteiger partial charge is 0.361 e. The van der Waals surface area contributed by atoms with E-state index in [1.54, 1.807) is 9.80 Å². The molecule has 0 saturated carbocycles. The van der Waals surface area contributed by atoms with E-state index in [2.05, 4.69) is 0 Å². The fourth-order valence-electron chi connectivity index (χ4n) is 4.87. The quantitative estimate of drug-likeness (QED) is 0.129. The Hall–Kier alpha value is -5.04. The number of anilines is 2. The summed E-state index contributed by atoms with van der Waals surface area (Å²) in [4.78, 5) is 30.4. The maximum absolute atomic E-state index is 13.6. The minimum absolute atomic E-state index is 0.0421. The summed E-state index contributed by atoms with van der Waals surface area (Å²) in [5.41, 5.74) is 4.39. The van der Waals surface area contributed by atoms with Crippen LogP contribution in [-0.2, 0) is 32.0 Å². The predicted molar refractivity (Wildman–Crippen MR) is 174 cm³/mol. The van der Waals surface area contributed by atoms with Crippen molar-refractivity contribution in [2.24, 2.45) is 0 Å². The Bertz CT molecular complexity index is 1570. The third-order valence-corrected chi connectivity index (χ3v) is 7.19. The second kappa shape index (κ2) is 16.0. The van der Waals surface area contributed by atoms with Crippen molar-refractivity contribution in [2.75, 3.05) is 29.7 Å². The normalized spacial score (nSPS) is 11.5. The van der Waals surface area contributed by atoms with Crippen molar-refractivity contribution in [3.63, 3.8) is 0 Å². The lowest BCUT2D eigenvalue weighted by molar-refractivity contribution is -0.127. The van der Waals surface area contributed by atoms with Gasteiger partial charge >= 0.3 is 0 Å². The summed E-state index contributed by atoms with van der Waals surface area (Å²) in [5, 5.41) is 0. The Labute approximate surface area is 259 Å². The highest BCUT2D eigenvalue weighted by atomic mass is 16.5. The van der Waals surface area contributed by atoms with Crippen LogP contribution >= 0.6 is 0 Å². The minimum Gasteiger partial charge on any atom is -0.361 e. The molecular formula is C38H36N2O4. The molecule has 1 atom stereocenters.